The fraction of sp³-hybridized carbons (Fsp3) is 0.158. The fourth-order valence-electron chi connectivity index (χ4n) is 2.64. The lowest BCUT2D eigenvalue weighted by Gasteiger charge is -2.15. The van der Waals surface area contributed by atoms with Gasteiger partial charge in [-0.3, -0.25) is 4.79 Å². The average molecular weight is 490 g/mol. The first-order valence-electron chi connectivity index (χ1n) is 8.32. The number of amides is 1. The zero-order valence-corrected chi connectivity index (χ0v) is 17.0. The zero-order chi connectivity index (χ0) is 22.2. The second-order valence-electron chi connectivity index (χ2n) is 6.21. The molecule has 5 nitrogen and oxygen atoms in total. The van der Waals surface area contributed by atoms with Gasteiger partial charge in [0, 0.05) is 13.1 Å². The number of rotatable bonds is 4. The number of alkyl halides is 3. The summed E-state index contributed by atoms with van der Waals surface area (Å²) in [5.74, 6) is -2.66. The van der Waals surface area contributed by atoms with Gasteiger partial charge in [-0.05, 0) is 53.2 Å². The van der Waals surface area contributed by atoms with Crippen LogP contribution in [0.1, 0.15) is 21.6 Å². The molecule has 0 radical (unpaired) electrons. The molecule has 30 heavy (non-hydrogen) atoms. The van der Waals surface area contributed by atoms with E-state index in [0.717, 1.165) is 35.0 Å². The predicted molar refractivity (Wildman–Crippen MR) is 101 cm³/mol. The quantitative estimate of drug-likeness (QED) is 0.469. The summed E-state index contributed by atoms with van der Waals surface area (Å²) in [4.78, 5) is 12.5. The lowest BCUT2D eigenvalue weighted by molar-refractivity contribution is -0.137. The van der Waals surface area contributed by atoms with Crippen molar-refractivity contribution < 1.29 is 31.5 Å². The van der Waals surface area contributed by atoms with E-state index in [1.165, 1.54) is 20.0 Å². The van der Waals surface area contributed by atoms with E-state index < -0.39 is 29.4 Å². The van der Waals surface area contributed by atoms with E-state index in [1.807, 2.05) is 0 Å². The van der Waals surface area contributed by atoms with Crippen LogP contribution in [0.2, 0.25) is 0 Å². The number of ether oxygens (including phenoxy) is 1. The van der Waals surface area contributed by atoms with E-state index in [0.29, 0.717) is 0 Å². The van der Waals surface area contributed by atoms with Crippen molar-refractivity contribution in [2.75, 3.05) is 5.32 Å². The Morgan fingerprint density at radius 2 is 1.83 bits per heavy atom. The van der Waals surface area contributed by atoms with E-state index in [2.05, 4.69) is 26.3 Å². The van der Waals surface area contributed by atoms with Gasteiger partial charge in [0.25, 0.3) is 5.91 Å². The maximum absolute atomic E-state index is 14.1. The van der Waals surface area contributed by atoms with E-state index in [-0.39, 0.29) is 32.9 Å². The van der Waals surface area contributed by atoms with Crippen LogP contribution in [-0.2, 0) is 13.2 Å². The standard InChI is InChI=1S/C19H13BrF5N3O2/c1-9-16(17(22)28(2)27-9)18(29)26-13-5-4-11(21)8-15(13)30-14-6-3-10(7-12(14)20)19(23,24)25/h3-8H,1-2H3,(H,26,29). The third-order valence-electron chi connectivity index (χ3n) is 4.05. The van der Waals surface area contributed by atoms with Crippen molar-refractivity contribution in [2.24, 2.45) is 7.05 Å². The van der Waals surface area contributed by atoms with E-state index in [9.17, 15) is 26.7 Å². The number of carbonyl (C=O) groups is 1. The minimum Gasteiger partial charge on any atom is -0.454 e. The van der Waals surface area contributed by atoms with Crippen LogP contribution in [0.4, 0.5) is 27.6 Å². The molecule has 0 bridgehead atoms. The Labute approximate surface area is 175 Å². The molecular formula is C19H13BrF5N3O2. The summed E-state index contributed by atoms with van der Waals surface area (Å²) in [7, 11) is 1.33. The van der Waals surface area contributed by atoms with Crippen LogP contribution < -0.4 is 10.1 Å². The summed E-state index contributed by atoms with van der Waals surface area (Å²) in [6.07, 6.45) is -4.55. The Kier molecular flexibility index (Phi) is 5.84. The Bertz CT molecular complexity index is 1130. The summed E-state index contributed by atoms with van der Waals surface area (Å²) in [6.45, 7) is 1.44. The Morgan fingerprint density at radius 3 is 2.40 bits per heavy atom. The molecule has 158 valence electrons. The second-order valence-corrected chi connectivity index (χ2v) is 7.07. The highest BCUT2D eigenvalue weighted by Gasteiger charge is 2.31. The highest BCUT2D eigenvalue weighted by molar-refractivity contribution is 9.10. The number of halogens is 6. The average Bonchev–Trinajstić information content (AvgIpc) is 2.90. The van der Waals surface area contributed by atoms with Crippen molar-refractivity contribution in [3.05, 3.63) is 69.5 Å². The molecular weight excluding hydrogens is 477 g/mol. The first-order chi connectivity index (χ1) is 14.0. The maximum Gasteiger partial charge on any atom is 0.416 e. The number of anilines is 1. The molecule has 3 rings (SSSR count). The van der Waals surface area contributed by atoms with Crippen molar-refractivity contribution in [3.8, 4) is 11.5 Å². The molecule has 1 amide bonds. The number of hydrogen-bond acceptors (Lipinski definition) is 3. The molecule has 3 aromatic rings. The second kappa shape index (κ2) is 8.05. The third-order valence-corrected chi connectivity index (χ3v) is 4.67. The summed E-state index contributed by atoms with van der Waals surface area (Å²) in [5.41, 5.74) is -1.08. The van der Waals surface area contributed by atoms with Crippen molar-refractivity contribution in [1.29, 1.82) is 0 Å². The third kappa shape index (κ3) is 4.45. The van der Waals surface area contributed by atoms with Crippen LogP contribution >= 0.6 is 15.9 Å². The molecule has 0 fully saturated rings. The number of carbonyl (C=O) groups excluding carboxylic acids is 1. The van der Waals surface area contributed by atoms with Crippen molar-refractivity contribution in [1.82, 2.24) is 9.78 Å². The molecule has 1 heterocycles. The first kappa shape index (κ1) is 21.8. The zero-order valence-electron chi connectivity index (χ0n) is 15.4. The molecule has 0 saturated heterocycles. The molecule has 0 saturated carbocycles. The van der Waals surface area contributed by atoms with Gasteiger partial charge in [0.15, 0.2) is 5.75 Å². The number of nitrogens with zero attached hydrogens (tertiary/aromatic N) is 2. The molecule has 1 aromatic heterocycles. The molecule has 0 aliphatic heterocycles. The minimum atomic E-state index is -4.55. The van der Waals surface area contributed by atoms with E-state index >= 15 is 0 Å². The van der Waals surface area contributed by atoms with Gasteiger partial charge < -0.3 is 10.1 Å². The van der Waals surface area contributed by atoms with Gasteiger partial charge >= 0.3 is 6.18 Å². The van der Waals surface area contributed by atoms with Gasteiger partial charge in [-0.2, -0.15) is 22.7 Å². The number of hydrogen-bond donors (Lipinski definition) is 1. The van der Waals surface area contributed by atoms with Crippen molar-refractivity contribution >= 4 is 27.5 Å². The van der Waals surface area contributed by atoms with Gasteiger partial charge in [0.1, 0.15) is 17.1 Å². The van der Waals surface area contributed by atoms with Gasteiger partial charge in [0.2, 0.25) is 5.95 Å². The van der Waals surface area contributed by atoms with Crippen LogP contribution in [0.3, 0.4) is 0 Å². The molecule has 1 N–H and O–H groups in total. The normalized spacial score (nSPS) is 11.5. The van der Waals surface area contributed by atoms with Crippen LogP contribution in [0, 0.1) is 18.7 Å². The van der Waals surface area contributed by atoms with Gasteiger partial charge in [0.05, 0.1) is 21.4 Å². The van der Waals surface area contributed by atoms with E-state index in [1.54, 1.807) is 0 Å². The van der Waals surface area contributed by atoms with Crippen molar-refractivity contribution in [3.63, 3.8) is 0 Å². The minimum absolute atomic E-state index is 0.0177. The van der Waals surface area contributed by atoms with Crippen molar-refractivity contribution in [2.45, 2.75) is 13.1 Å². The smallest absolute Gasteiger partial charge is 0.416 e. The van der Waals surface area contributed by atoms with Crippen LogP contribution in [0.5, 0.6) is 11.5 Å². The van der Waals surface area contributed by atoms with Crippen LogP contribution in [0.25, 0.3) is 0 Å². The molecule has 2 aromatic carbocycles. The molecule has 0 atom stereocenters. The predicted octanol–water partition coefficient (Wildman–Crippen LogP) is 5.83. The SMILES string of the molecule is Cc1nn(C)c(F)c1C(=O)Nc1ccc(F)cc1Oc1ccc(C(F)(F)F)cc1Br. The molecule has 0 aliphatic carbocycles. The summed E-state index contributed by atoms with van der Waals surface area (Å²) < 4.78 is 72.7. The van der Waals surface area contributed by atoms with Gasteiger partial charge in [-0.1, -0.05) is 0 Å². The van der Waals surface area contributed by atoms with Crippen LogP contribution in [-0.4, -0.2) is 15.7 Å². The number of aryl methyl sites for hydroxylation is 2. The largest absolute Gasteiger partial charge is 0.454 e. The van der Waals surface area contributed by atoms with E-state index in [4.69, 9.17) is 4.74 Å². The highest BCUT2D eigenvalue weighted by atomic mass is 79.9. The van der Waals surface area contributed by atoms with Crippen LogP contribution in [0.15, 0.2) is 40.9 Å². The molecule has 0 aliphatic rings. The molecule has 0 spiro atoms. The molecule has 0 unspecified atom stereocenters. The number of aromatic nitrogens is 2. The molecule has 11 heteroatoms. The Balaban J connectivity index is 1.92. The Morgan fingerprint density at radius 1 is 1.13 bits per heavy atom. The number of benzene rings is 2. The lowest BCUT2D eigenvalue weighted by atomic mass is 10.2. The lowest BCUT2D eigenvalue weighted by Crippen LogP contribution is -2.15. The topological polar surface area (TPSA) is 56.2 Å². The Hall–Kier alpha value is -2.95. The monoisotopic (exact) mass is 489 g/mol. The highest BCUT2D eigenvalue weighted by Crippen LogP contribution is 2.38. The summed E-state index contributed by atoms with van der Waals surface area (Å²) in [5, 5.41) is 6.21. The maximum atomic E-state index is 14.1. The fourth-order valence-corrected chi connectivity index (χ4v) is 3.09. The first-order valence-corrected chi connectivity index (χ1v) is 9.11. The van der Waals surface area contributed by atoms with Gasteiger partial charge in [-0.15, -0.1) is 0 Å². The summed E-state index contributed by atoms with van der Waals surface area (Å²) >= 11 is 2.98. The summed E-state index contributed by atoms with van der Waals surface area (Å²) in [6, 6.07) is 5.81. The number of nitrogens with one attached hydrogen (secondary N) is 1. The van der Waals surface area contributed by atoms with Gasteiger partial charge in [-0.25, -0.2) is 9.07 Å².